The molecule has 1 aromatic carbocycles. The lowest BCUT2D eigenvalue weighted by Gasteiger charge is -2.32. The Balaban J connectivity index is 2.01. The number of nitrogens with zero attached hydrogens (tertiary/aromatic N) is 3. The van der Waals surface area contributed by atoms with E-state index in [1.807, 2.05) is 13.8 Å². The van der Waals surface area contributed by atoms with Gasteiger partial charge < -0.3 is 10.6 Å². The number of hydrogen-bond acceptors (Lipinski definition) is 5. The minimum atomic E-state index is -0.658. The average molecular weight is 446 g/mol. The number of carbonyl (C=O) groups excluding carboxylic acids is 1. The molecule has 0 saturated heterocycles. The van der Waals surface area contributed by atoms with Crippen molar-refractivity contribution in [2.45, 2.75) is 65.0 Å². The minimum Gasteiger partial charge on any atom is -0.383 e. The highest BCUT2D eigenvalue weighted by molar-refractivity contribution is 5.99. The fourth-order valence-electron chi connectivity index (χ4n) is 4.32. The van der Waals surface area contributed by atoms with E-state index < -0.39 is 11.2 Å². The predicted octanol–water partition coefficient (Wildman–Crippen LogP) is 2.86. The lowest BCUT2D eigenvalue weighted by Crippen LogP contribution is -2.49. The number of nitrogens with one attached hydrogen (secondary N) is 1. The van der Waals surface area contributed by atoms with E-state index in [0.717, 1.165) is 38.5 Å². The largest absolute Gasteiger partial charge is 0.383 e. The lowest BCUT2D eigenvalue weighted by atomic mass is 10.1. The predicted molar refractivity (Wildman–Crippen MR) is 125 cm³/mol. The standard InChI is InChI=1S/C23H32FN5O3/c1-3-5-13-28-21(25)20(22(31)26-23(28)32)29(17-10-6-7-11-17)19(30)15-27(4-2)18-12-8-9-16(24)14-18/h8-9,12,14,17H,3-7,10-11,13,15,25H2,1-2H3,(H,26,31,32). The van der Waals surface area contributed by atoms with Crippen LogP contribution in [0.15, 0.2) is 33.9 Å². The number of aromatic amines is 1. The second-order valence-corrected chi connectivity index (χ2v) is 8.19. The fraction of sp³-hybridized carbons (Fsp3) is 0.522. The lowest BCUT2D eigenvalue weighted by molar-refractivity contribution is -0.117. The van der Waals surface area contributed by atoms with Crippen molar-refractivity contribution in [3.05, 3.63) is 50.9 Å². The highest BCUT2D eigenvalue weighted by atomic mass is 19.1. The van der Waals surface area contributed by atoms with Crippen molar-refractivity contribution in [3.63, 3.8) is 0 Å². The number of rotatable bonds is 9. The summed E-state index contributed by atoms with van der Waals surface area (Å²) in [6.07, 6.45) is 4.97. The van der Waals surface area contributed by atoms with Gasteiger partial charge in [-0.1, -0.05) is 32.3 Å². The van der Waals surface area contributed by atoms with Gasteiger partial charge in [0.25, 0.3) is 5.56 Å². The zero-order valence-corrected chi connectivity index (χ0v) is 18.8. The van der Waals surface area contributed by atoms with Gasteiger partial charge in [0.2, 0.25) is 5.91 Å². The molecule has 3 rings (SSSR count). The van der Waals surface area contributed by atoms with Crippen LogP contribution >= 0.6 is 0 Å². The van der Waals surface area contributed by atoms with Gasteiger partial charge in [0.1, 0.15) is 11.6 Å². The maximum atomic E-state index is 13.7. The molecule has 1 heterocycles. The van der Waals surface area contributed by atoms with Crippen molar-refractivity contribution in [2.24, 2.45) is 0 Å². The second kappa shape index (κ2) is 10.5. The number of H-pyrrole nitrogens is 1. The third-order valence-corrected chi connectivity index (χ3v) is 6.03. The first-order valence-electron chi connectivity index (χ1n) is 11.3. The Morgan fingerprint density at radius 2 is 1.97 bits per heavy atom. The Kier molecular flexibility index (Phi) is 7.71. The Morgan fingerprint density at radius 1 is 1.25 bits per heavy atom. The molecule has 0 radical (unpaired) electrons. The molecule has 0 unspecified atom stereocenters. The molecule has 1 fully saturated rings. The van der Waals surface area contributed by atoms with Crippen molar-refractivity contribution >= 4 is 23.1 Å². The maximum absolute atomic E-state index is 13.7. The molecule has 0 aliphatic heterocycles. The summed E-state index contributed by atoms with van der Waals surface area (Å²) >= 11 is 0. The van der Waals surface area contributed by atoms with Crippen LogP contribution in [0.2, 0.25) is 0 Å². The van der Waals surface area contributed by atoms with Crippen LogP contribution in [0.5, 0.6) is 0 Å². The normalized spacial score (nSPS) is 14.0. The SMILES string of the molecule is CCCCn1c(N)c(N(C(=O)CN(CC)c2cccc(F)c2)C2CCCC2)c(=O)[nH]c1=O. The molecule has 0 spiro atoms. The summed E-state index contributed by atoms with van der Waals surface area (Å²) in [5.74, 6) is -0.674. The molecule has 3 N–H and O–H groups in total. The molecule has 1 aliphatic carbocycles. The van der Waals surface area contributed by atoms with Crippen LogP contribution in [0.3, 0.4) is 0 Å². The first-order valence-corrected chi connectivity index (χ1v) is 11.3. The Bertz CT molecular complexity index is 1060. The smallest absolute Gasteiger partial charge is 0.330 e. The number of aromatic nitrogens is 2. The van der Waals surface area contributed by atoms with Gasteiger partial charge >= 0.3 is 5.69 Å². The zero-order valence-electron chi connectivity index (χ0n) is 18.8. The number of amides is 1. The quantitative estimate of drug-likeness (QED) is 0.618. The van der Waals surface area contributed by atoms with E-state index in [0.29, 0.717) is 18.8 Å². The van der Waals surface area contributed by atoms with Gasteiger partial charge in [-0.2, -0.15) is 0 Å². The molecule has 8 nitrogen and oxygen atoms in total. The average Bonchev–Trinajstić information content (AvgIpc) is 3.28. The van der Waals surface area contributed by atoms with Crippen molar-refractivity contribution in [2.75, 3.05) is 28.6 Å². The molecule has 1 amide bonds. The minimum absolute atomic E-state index is 0.0151. The molecule has 1 aliphatic rings. The van der Waals surface area contributed by atoms with Gasteiger partial charge in [-0.15, -0.1) is 0 Å². The monoisotopic (exact) mass is 445 g/mol. The maximum Gasteiger partial charge on any atom is 0.330 e. The molecule has 32 heavy (non-hydrogen) atoms. The van der Waals surface area contributed by atoms with Crippen LogP contribution in [0.4, 0.5) is 21.6 Å². The molecule has 1 saturated carbocycles. The number of nitrogen functional groups attached to an aromatic ring is 1. The molecular weight excluding hydrogens is 413 g/mol. The van der Waals surface area contributed by atoms with E-state index in [2.05, 4.69) is 4.98 Å². The number of unbranched alkanes of at least 4 members (excludes halogenated alkanes) is 1. The molecule has 0 atom stereocenters. The van der Waals surface area contributed by atoms with Gasteiger partial charge in [-0.05, 0) is 44.4 Å². The van der Waals surface area contributed by atoms with E-state index in [1.54, 1.807) is 17.0 Å². The number of nitrogens with two attached hydrogens (primary N) is 1. The summed E-state index contributed by atoms with van der Waals surface area (Å²) in [5, 5.41) is 0. The van der Waals surface area contributed by atoms with Crippen molar-refractivity contribution in [1.29, 1.82) is 0 Å². The zero-order chi connectivity index (χ0) is 23.3. The Morgan fingerprint density at radius 3 is 2.59 bits per heavy atom. The van der Waals surface area contributed by atoms with Gasteiger partial charge in [-0.25, -0.2) is 9.18 Å². The molecule has 9 heteroatoms. The first kappa shape index (κ1) is 23.6. The van der Waals surface area contributed by atoms with Gasteiger partial charge in [0, 0.05) is 24.8 Å². The number of carbonyl (C=O) groups is 1. The third kappa shape index (κ3) is 5.03. The van der Waals surface area contributed by atoms with Gasteiger partial charge in [-0.3, -0.25) is 24.0 Å². The van der Waals surface area contributed by atoms with Crippen LogP contribution in [-0.4, -0.2) is 34.6 Å². The fourth-order valence-corrected chi connectivity index (χ4v) is 4.32. The van der Waals surface area contributed by atoms with E-state index in [1.165, 1.54) is 21.6 Å². The van der Waals surface area contributed by atoms with Crippen molar-refractivity contribution in [1.82, 2.24) is 9.55 Å². The Labute approximate surface area is 186 Å². The van der Waals surface area contributed by atoms with E-state index in [9.17, 15) is 18.8 Å². The first-order chi connectivity index (χ1) is 15.4. The molecule has 174 valence electrons. The van der Waals surface area contributed by atoms with Crippen LogP contribution in [0.1, 0.15) is 52.4 Å². The molecule has 2 aromatic rings. The topological polar surface area (TPSA) is 104 Å². The number of benzene rings is 1. The highest BCUT2D eigenvalue weighted by Gasteiger charge is 2.33. The van der Waals surface area contributed by atoms with E-state index >= 15 is 0 Å². The molecule has 0 bridgehead atoms. The van der Waals surface area contributed by atoms with Crippen LogP contribution < -0.4 is 26.8 Å². The van der Waals surface area contributed by atoms with Crippen LogP contribution in [0.25, 0.3) is 0 Å². The summed E-state index contributed by atoms with van der Waals surface area (Å²) in [5.41, 5.74) is 5.70. The number of anilines is 3. The summed E-state index contributed by atoms with van der Waals surface area (Å²) in [7, 11) is 0. The van der Waals surface area contributed by atoms with Gasteiger partial charge in [0.05, 0.1) is 6.54 Å². The van der Waals surface area contributed by atoms with Crippen molar-refractivity contribution < 1.29 is 9.18 Å². The highest BCUT2D eigenvalue weighted by Crippen LogP contribution is 2.30. The summed E-state index contributed by atoms with van der Waals surface area (Å²) in [4.78, 5) is 44.3. The van der Waals surface area contributed by atoms with Crippen LogP contribution in [-0.2, 0) is 11.3 Å². The summed E-state index contributed by atoms with van der Waals surface area (Å²) < 4.78 is 15.1. The van der Waals surface area contributed by atoms with E-state index in [-0.39, 0.29) is 35.8 Å². The van der Waals surface area contributed by atoms with E-state index in [4.69, 9.17) is 5.73 Å². The summed E-state index contributed by atoms with van der Waals surface area (Å²) in [6.45, 7) is 4.68. The van der Waals surface area contributed by atoms with Crippen LogP contribution in [0, 0.1) is 5.82 Å². The third-order valence-electron chi connectivity index (χ3n) is 6.03. The number of hydrogen-bond donors (Lipinski definition) is 2. The molecule has 1 aromatic heterocycles. The van der Waals surface area contributed by atoms with Crippen molar-refractivity contribution in [3.8, 4) is 0 Å². The second-order valence-electron chi connectivity index (χ2n) is 8.19. The number of halogens is 1. The Hall–Kier alpha value is -3.10. The molecular formula is C23H32FN5O3. The summed E-state index contributed by atoms with van der Waals surface area (Å²) in [6, 6.07) is 5.89. The van der Waals surface area contributed by atoms with Gasteiger partial charge in [0.15, 0.2) is 5.69 Å². The number of likely N-dealkylation sites (N-methyl/N-ethyl adjacent to an activating group) is 1.